The van der Waals surface area contributed by atoms with Crippen LogP contribution < -0.4 is 5.32 Å². The second-order valence-corrected chi connectivity index (χ2v) is 9.69. The highest BCUT2D eigenvalue weighted by Gasteiger charge is 2.34. The molecule has 0 saturated carbocycles. The zero-order valence-corrected chi connectivity index (χ0v) is 20.9. The van der Waals surface area contributed by atoms with Gasteiger partial charge < -0.3 is 20.1 Å². The fourth-order valence-corrected chi connectivity index (χ4v) is 3.83. The molecule has 1 rings (SSSR count). The van der Waals surface area contributed by atoms with Crippen molar-refractivity contribution in [2.75, 3.05) is 26.2 Å². The van der Waals surface area contributed by atoms with Gasteiger partial charge in [-0.3, -0.25) is 19.2 Å². The van der Waals surface area contributed by atoms with Gasteiger partial charge in [-0.15, -0.1) is 0 Å². The van der Waals surface area contributed by atoms with Crippen LogP contribution in [0.3, 0.4) is 0 Å². The number of hydrogen-bond acceptors (Lipinski definition) is 7. The number of Topliss-reactive ketones (excluding diaryl/α,β-unsaturated/α-hetero) is 3. The third-order valence-corrected chi connectivity index (χ3v) is 5.85. The maximum atomic E-state index is 12.5. The number of ketones is 3. The Kier molecular flexibility index (Phi) is 14.3. The first-order valence-corrected chi connectivity index (χ1v) is 12.5. The molecule has 8 heteroatoms. The average Bonchev–Trinajstić information content (AvgIpc) is 3.13. The Hall–Kier alpha value is -1.64. The normalized spacial score (nSPS) is 18.3. The lowest BCUT2D eigenvalue weighted by atomic mass is 10.0. The predicted molar refractivity (Wildman–Crippen MR) is 127 cm³/mol. The van der Waals surface area contributed by atoms with E-state index in [1.807, 2.05) is 27.7 Å². The molecule has 33 heavy (non-hydrogen) atoms. The Bertz CT molecular complexity index is 634. The third kappa shape index (κ3) is 13.0. The standard InChI is InChI=1S/C25H44N2O6/c1-18(2)24(31)11-7-5-9-21(28)14-26-15-22(29)10-6-8-12-25(32)27-16-23(30)13-20(27)17-33-19(3)4/h18-20,23,26,30H,5-17H2,1-4H3/t20-,23-/m0/s1. The van der Waals surface area contributed by atoms with Gasteiger partial charge in [-0.1, -0.05) is 13.8 Å². The third-order valence-electron chi connectivity index (χ3n) is 5.85. The molecule has 1 fully saturated rings. The Balaban J connectivity index is 2.11. The average molecular weight is 469 g/mol. The van der Waals surface area contributed by atoms with Crippen LogP contribution in [0.15, 0.2) is 0 Å². The van der Waals surface area contributed by atoms with Crippen LogP contribution in [-0.2, 0) is 23.9 Å². The number of amides is 1. The Morgan fingerprint density at radius 1 is 0.909 bits per heavy atom. The number of ether oxygens (including phenoxy) is 1. The number of hydrogen-bond donors (Lipinski definition) is 2. The summed E-state index contributed by atoms with van der Waals surface area (Å²) in [5.74, 6) is 0.341. The molecule has 0 spiro atoms. The largest absolute Gasteiger partial charge is 0.391 e. The number of aliphatic hydroxyl groups excluding tert-OH is 1. The van der Waals surface area contributed by atoms with E-state index in [9.17, 15) is 24.3 Å². The van der Waals surface area contributed by atoms with E-state index in [4.69, 9.17) is 4.74 Å². The molecule has 0 aromatic carbocycles. The number of β-amino-alcohol motifs (C(OH)–C–C–N with tert-alkyl or cyclic N) is 1. The minimum atomic E-state index is -0.507. The van der Waals surface area contributed by atoms with Crippen LogP contribution in [-0.4, -0.2) is 77.8 Å². The van der Waals surface area contributed by atoms with Gasteiger partial charge in [0.05, 0.1) is 37.9 Å². The van der Waals surface area contributed by atoms with E-state index in [0.717, 1.165) is 6.42 Å². The predicted octanol–water partition coefficient (Wildman–Crippen LogP) is 2.45. The lowest BCUT2D eigenvalue weighted by Crippen LogP contribution is -2.39. The first-order chi connectivity index (χ1) is 15.6. The van der Waals surface area contributed by atoms with Crippen LogP contribution in [0, 0.1) is 5.92 Å². The van der Waals surface area contributed by atoms with Gasteiger partial charge in [0, 0.05) is 38.1 Å². The summed E-state index contributed by atoms with van der Waals surface area (Å²) in [7, 11) is 0. The van der Waals surface area contributed by atoms with Crippen molar-refractivity contribution < 1.29 is 29.0 Å². The number of nitrogens with one attached hydrogen (secondary N) is 1. The number of nitrogens with zero attached hydrogens (tertiary/aromatic N) is 1. The van der Waals surface area contributed by atoms with E-state index in [0.29, 0.717) is 64.5 Å². The molecule has 8 nitrogen and oxygen atoms in total. The molecule has 1 aliphatic rings. The molecule has 0 bridgehead atoms. The van der Waals surface area contributed by atoms with Crippen molar-refractivity contribution >= 4 is 23.3 Å². The van der Waals surface area contributed by atoms with Gasteiger partial charge in [0.2, 0.25) is 5.91 Å². The number of aliphatic hydroxyl groups is 1. The van der Waals surface area contributed by atoms with Crippen LogP contribution in [0.5, 0.6) is 0 Å². The van der Waals surface area contributed by atoms with Crippen LogP contribution >= 0.6 is 0 Å². The molecular formula is C25H44N2O6. The summed E-state index contributed by atoms with van der Waals surface area (Å²) < 4.78 is 5.62. The minimum absolute atomic E-state index is 0.00447. The maximum Gasteiger partial charge on any atom is 0.222 e. The maximum absolute atomic E-state index is 12.5. The summed E-state index contributed by atoms with van der Waals surface area (Å²) >= 11 is 0. The molecule has 1 aliphatic heterocycles. The van der Waals surface area contributed by atoms with E-state index in [1.54, 1.807) is 4.90 Å². The van der Waals surface area contributed by atoms with Crippen LogP contribution in [0.2, 0.25) is 0 Å². The Labute approximate surface area is 198 Å². The van der Waals surface area contributed by atoms with Crippen molar-refractivity contribution in [2.24, 2.45) is 5.92 Å². The van der Waals surface area contributed by atoms with Gasteiger partial charge in [0.15, 0.2) is 0 Å². The zero-order chi connectivity index (χ0) is 24.8. The SMILES string of the molecule is CC(C)OC[C@@H]1C[C@H](O)CN1C(=O)CCCCC(=O)CNCC(=O)CCCCC(=O)C(C)C. The summed E-state index contributed by atoms with van der Waals surface area (Å²) in [5.41, 5.74) is 0. The molecule has 0 radical (unpaired) electrons. The topological polar surface area (TPSA) is 113 Å². The van der Waals surface area contributed by atoms with Gasteiger partial charge >= 0.3 is 0 Å². The van der Waals surface area contributed by atoms with Crippen molar-refractivity contribution in [3.8, 4) is 0 Å². The number of likely N-dealkylation sites (tertiary alicyclic amines) is 1. The van der Waals surface area contributed by atoms with E-state index >= 15 is 0 Å². The highest BCUT2D eigenvalue weighted by Crippen LogP contribution is 2.20. The molecular weight excluding hydrogens is 424 g/mol. The fourth-order valence-electron chi connectivity index (χ4n) is 3.83. The summed E-state index contributed by atoms with van der Waals surface area (Å²) in [5, 5.41) is 12.8. The first-order valence-electron chi connectivity index (χ1n) is 12.5. The second-order valence-electron chi connectivity index (χ2n) is 9.69. The molecule has 0 unspecified atom stereocenters. The van der Waals surface area contributed by atoms with Crippen molar-refractivity contribution in [3.63, 3.8) is 0 Å². The molecule has 1 heterocycles. The molecule has 0 aromatic heterocycles. The zero-order valence-electron chi connectivity index (χ0n) is 20.9. The molecule has 0 aromatic rings. The van der Waals surface area contributed by atoms with E-state index in [1.165, 1.54) is 0 Å². The smallest absolute Gasteiger partial charge is 0.222 e. The van der Waals surface area contributed by atoms with Gasteiger partial charge in [-0.25, -0.2) is 0 Å². The van der Waals surface area contributed by atoms with E-state index in [2.05, 4.69) is 5.32 Å². The summed E-state index contributed by atoms with van der Waals surface area (Å²) in [4.78, 5) is 49.7. The van der Waals surface area contributed by atoms with Gasteiger partial charge in [-0.2, -0.15) is 0 Å². The molecule has 0 aliphatic carbocycles. The van der Waals surface area contributed by atoms with Crippen molar-refractivity contribution in [1.82, 2.24) is 10.2 Å². The number of rotatable bonds is 18. The second kappa shape index (κ2) is 16.1. The molecule has 1 saturated heterocycles. The number of carbonyl (C=O) groups excluding carboxylic acids is 4. The molecule has 1 amide bonds. The highest BCUT2D eigenvalue weighted by atomic mass is 16.5. The van der Waals surface area contributed by atoms with Gasteiger partial charge in [0.1, 0.15) is 17.3 Å². The van der Waals surface area contributed by atoms with E-state index in [-0.39, 0.29) is 54.4 Å². The molecule has 2 atom stereocenters. The van der Waals surface area contributed by atoms with Gasteiger partial charge in [-0.05, 0) is 46.0 Å². The first kappa shape index (κ1) is 29.4. The molecule has 190 valence electrons. The van der Waals surface area contributed by atoms with Crippen molar-refractivity contribution in [2.45, 2.75) is 104 Å². The van der Waals surface area contributed by atoms with Crippen LogP contribution in [0.4, 0.5) is 0 Å². The number of carbonyl (C=O) groups is 4. The van der Waals surface area contributed by atoms with Gasteiger partial charge in [0.25, 0.3) is 0 Å². The van der Waals surface area contributed by atoms with Crippen LogP contribution in [0.1, 0.15) is 85.5 Å². The lowest BCUT2D eigenvalue weighted by Gasteiger charge is -2.25. The summed E-state index contributed by atoms with van der Waals surface area (Å²) in [6.07, 6.45) is 4.42. The summed E-state index contributed by atoms with van der Waals surface area (Å²) in [6.45, 7) is 8.73. The van der Waals surface area contributed by atoms with E-state index < -0.39 is 6.10 Å². The molecule has 2 N–H and O–H groups in total. The lowest BCUT2D eigenvalue weighted by molar-refractivity contribution is -0.134. The van der Waals surface area contributed by atoms with Crippen molar-refractivity contribution in [1.29, 1.82) is 0 Å². The monoisotopic (exact) mass is 468 g/mol. The fraction of sp³-hybridized carbons (Fsp3) is 0.840. The Morgan fingerprint density at radius 3 is 2.00 bits per heavy atom. The van der Waals surface area contributed by atoms with Crippen LogP contribution in [0.25, 0.3) is 0 Å². The minimum Gasteiger partial charge on any atom is -0.391 e. The Morgan fingerprint density at radius 2 is 1.45 bits per heavy atom. The number of unbranched alkanes of at least 4 members (excludes halogenated alkanes) is 2. The highest BCUT2D eigenvalue weighted by molar-refractivity contribution is 5.83. The van der Waals surface area contributed by atoms with Crippen molar-refractivity contribution in [3.05, 3.63) is 0 Å². The summed E-state index contributed by atoms with van der Waals surface area (Å²) in [6, 6.07) is -0.0889. The quantitative estimate of drug-likeness (QED) is 0.297.